The number of pyridine rings is 1. The van der Waals surface area contributed by atoms with E-state index in [1.807, 2.05) is 0 Å². The zero-order valence-corrected chi connectivity index (χ0v) is 10.5. The number of nitrogens with two attached hydrogens (primary N) is 1. The molecule has 2 N–H and O–H groups in total. The first-order valence-electron chi connectivity index (χ1n) is 4.57. The third kappa shape index (κ3) is 2.92. The van der Waals surface area contributed by atoms with Crippen LogP contribution in [0.3, 0.4) is 0 Å². The van der Waals surface area contributed by atoms with Gasteiger partial charge in [-0.1, -0.05) is 0 Å². The lowest BCUT2D eigenvalue weighted by Crippen LogP contribution is -2.26. The fourth-order valence-corrected chi connectivity index (χ4v) is 1.84. The number of aromatic nitrogens is 1. The van der Waals surface area contributed by atoms with Crippen LogP contribution in [0.1, 0.15) is 10.4 Å². The molecular weight excluding hydrogens is 246 g/mol. The average Bonchev–Trinajstić information content (AvgIpc) is 2.26. The summed E-state index contributed by atoms with van der Waals surface area (Å²) in [6.45, 7) is 0. The number of primary sulfonamides is 1. The van der Waals surface area contributed by atoms with Crippen LogP contribution in [0.25, 0.3) is 0 Å². The topological polar surface area (TPSA) is 103 Å². The molecule has 0 fully saturated rings. The van der Waals surface area contributed by atoms with Gasteiger partial charge in [-0.3, -0.25) is 4.79 Å². The molecule has 1 rings (SSSR count). The van der Waals surface area contributed by atoms with Crippen LogP contribution < -0.4 is 9.88 Å². The third-order valence-electron chi connectivity index (χ3n) is 1.95. The number of sulfonamides is 1. The van der Waals surface area contributed by atoms with E-state index in [4.69, 9.17) is 9.88 Å². The Morgan fingerprint density at radius 1 is 1.41 bits per heavy atom. The quantitative estimate of drug-likeness (QED) is 0.783. The molecule has 7 nitrogen and oxygen atoms in total. The summed E-state index contributed by atoms with van der Waals surface area (Å²) in [6, 6.07) is 2.71. The van der Waals surface area contributed by atoms with Gasteiger partial charge in [0.05, 0.1) is 12.7 Å². The second-order valence-electron chi connectivity index (χ2n) is 3.45. The molecule has 0 radical (unpaired) electrons. The van der Waals surface area contributed by atoms with Crippen molar-refractivity contribution in [2.45, 2.75) is 5.03 Å². The van der Waals surface area contributed by atoms with Crippen molar-refractivity contribution in [3.63, 3.8) is 0 Å². The van der Waals surface area contributed by atoms with Gasteiger partial charge in [-0.25, -0.2) is 13.6 Å². The van der Waals surface area contributed by atoms with E-state index < -0.39 is 21.0 Å². The third-order valence-corrected chi connectivity index (χ3v) is 2.80. The van der Waals surface area contributed by atoms with Crippen molar-refractivity contribution in [1.82, 2.24) is 9.88 Å². The minimum Gasteiger partial charge on any atom is -0.481 e. The van der Waals surface area contributed by atoms with Crippen LogP contribution in [0.5, 0.6) is 5.88 Å². The SMILES string of the molecule is COc1ccc(C(=O)N(C)C)c(S(N)(=O)=O)n1. The van der Waals surface area contributed by atoms with E-state index in [1.54, 1.807) is 0 Å². The van der Waals surface area contributed by atoms with Crippen molar-refractivity contribution in [2.24, 2.45) is 5.14 Å². The standard InChI is InChI=1S/C9H13N3O4S/c1-12(2)9(13)6-4-5-7(16-3)11-8(6)17(10,14)15/h4-5H,1-3H3,(H2,10,14,15). The number of hydrogen-bond donors (Lipinski definition) is 1. The zero-order valence-electron chi connectivity index (χ0n) is 9.67. The van der Waals surface area contributed by atoms with Gasteiger partial charge in [-0.2, -0.15) is 4.98 Å². The Kier molecular flexibility index (Phi) is 3.69. The van der Waals surface area contributed by atoms with Crippen molar-refractivity contribution in [3.05, 3.63) is 17.7 Å². The molecule has 0 saturated carbocycles. The van der Waals surface area contributed by atoms with Crippen LogP contribution in [-0.4, -0.2) is 45.4 Å². The first kappa shape index (κ1) is 13.4. The largest absolute Gasteiger partial charge is 0.481 e. The molecular formula is C9H13N3O4S. The van der Waals surface area contributed by atoms with E-state index in [0.717, 1.165) is 0 Å². The summed E-state index contributed by atoms with van der Waals surface area (Å²) in [7, 11) is 0.252. The molecule has 8 heteroatoms. The van der Waals surface area contributed by atoms with E-state index in [9.17, 15) is 13.2 Å². The van der Waals surface area contributed by atoms with E-state index in [0.29, 0.717) is 0 Å². The van der Waals surface area contributed by atoms with Crippen molar-refractivity contribution in [1.29, 1.82) is 0 Å². The van der Waals surface area contributed by atoms with Gasteiger partial charge in [0.15, 0.2) is 5.03 Å². The predicted molar refractivity (Wildman–Crippen MR) is 60.2 cm³/mol. The summed E-state index contributed by atoms with van der Waals surface area (Å²) in [5, 5.41) is 4.51. The molecule has 0 unspecified atom stereocenters. The number of methoxy groups -OCH3 is 1. The molecule has 1 amide bonds. The highest BCUT2D eigenvalue weighted by Gasteiger charge is 2.23. The van der Waals surface area contributed by atoms with Crippen molar-refractivity contribution >= 4 is 15.9 Å². The van der Waals surface area contributed by atoms with Gasteiger partial charge in [-0.05, 0) is 6.07 Å². The van der Waals surface area contributed by atoms with Crippen LogP contribution in [0.15, 0.2) is 17.2 Å². The number of amides is 1. The molecule has 94 valence electrons. The number of nitrogens with zero attached hydrogens (tertiary/aromatic N) is 2. The van der Waals surface area contributed by atoms with Crippen LogP contribution in [0, 0.1) is 0 Å². The lowest BCUT2D eigenvalue weighted by Gasteiger charge is -2.13. The zero-order chi connectivity index (χ0) is 13.2. The Morgan fingerprint density at radius 3 is 2.41 bits per heavy atom. The molecule has 17 heavy (non-hydrogen) atoms. The Balaban J connectivity index is 3.46. The van der Waals surface area contributed by atoms with E-state index >= 15 is 0 Å². The summed E-state index contributed by atoms with van der Waals surface area (Å²) >= 11 is 0. The van der Waals surface area contributed by atoms with Gasteiger partial charge in [0.1, 0.15) is 0 Å². The van der Waals surface area contributed by atoms with Gasteiger partial charge in [0.25, 0.3) is 15.9 Å². The number of carbonyl (C=O) groups is 1. The Labute approximate surface area is 99.2 Å². The molecule has 0 aliphatic heterocycles. The fraction of sp³-hybridized carbons (Fsp3) is 0.333. The molecule has 1 aromatic rings. The Bertz CT molecular complexity index is 539. The Morgan fingerprint density at radius 2 is 2.00 bits per heavy atom. The smallest absolute Gasteiger partial charge is 0.256 e. The summed E-state index contributed by atoms with van der Waals surface area (Å²) in [4.78, 5) is 16.7. The van der Waals surface area contributed by atoms with E-state index in [-0.39, 0.29) is 11.4 Å². The Hall–Kier alpha value is -1.67. The van der Waals surface area contributed by atoms with Gasteiger partial charge >= 0.3 is 0 Å². The molecule has 0 bridgehead atoms. The fourth-order valence-electron chi connectivity index (χ4n) is 1.16. The number of carbonyl (C=O) groups excluding carboxylic acids is 1. The first-order valence-corrected chi connectivity index (χ1v) is 6.11. The highest BCUT2D eigenvalue weighted by Crippen LogP contribution is 2.17. The van der Waals surface area contributed by atoms with Gasteiger partial charge < -0.3 is 9.64 Å². The maximum Gasteiger partial charge on any atom is 0.256 e. The maximum absolute atomic E-state index is 11.7. The van der Waals surface area contributed by atoms with Crippen LogP contribution in [0.4, 0.5) is 0 Å². The van der Waals surface area contributed by atoms with Gasteiger partial charge in [0, 0.05) is 20.2 Å². The molecule has 0 saturated heterocycles. The molecule has 0 aliphatic rings. The minimum atomic E-state index is -4.08. The summed E-state index contributed by atoms with van der Waals surface area (Å²) in [5.74, 6) is -0.423. The number of ether oxygens (including phenoxy) is 1. The van der Waals surface area contributed by atoms with Gasteiger partial charge in [-0.15, -0.1) is 0 Å². The second kappa shape index (κ2) is 4.68. The van der Waals surface area contributed by atoms with Crippen LogP contribution >= 0.6 is 0 Å². The molecule has 1 aromatic heterocycles. The van der Waals surface area contributed by atoms with E-state index in [1.165, 1.54) is 38.2 Å². The first-order chi connectivity index (χ1) is 7.77. The van der Waals surface area contributed by atoms with Crippen LogP contribution in [-0.2, 0) is 10.0 Å². The second-order valence-corrected chi connectivity index (χ2v) is 4.93. The lowest BCUT2D eigenvalue weighted by molar-refractivity contribution is 0.0823. The summed E-state index contributed by atoms with van der Waals surface area (Å²) < 4.78 is 27.5. The normalized spacial score (nSPS) is 11.1. The highest BCUT2D eigenvalue weighted by atomic mass is 32.2. The van der Waals surface area contributed by atoms with Crippen molar-refractivity contribution < 1.29 is 17.9 Å². The average molecular weight is 259 g/mol. The van der Waals surface area contributed by atoms with E-state index in [2.05, 4.69) is 4.98 Å². The molecule has 1 heterocycles. The van der Waals surface area contributed by atoms with Crippen molar-refractivity contribution in [2.75, 3.05) is 21.2 Å². The predicted octanol–water partition coefficient (Wildman–Crippen LogP) is -0.561. The highest BCUT2D eigenvalue weighted by molar-refractivity contribution is 7.89. The molecule has 0 spiro atoms. The summed E-state index contributed by atoms with van der Waals surface area (Å²) in [5.41, 5.74) is -0.0849. The van der Waals surface area contributed by atoms with Gasteiger partial charge in [0.2, 0.25) is 5.88 Å². The molecule has 0 aromatic carbocycles. The lowest BCUT2D eigenvalue weighted by atomic mass is 10.2. The van der Waals surface area contributed by atoms with Crippen LogP contribution in [0.2, 0.25) is 0 Å². The number of hydrogen-bond acceptors (Lipinski definition) is 5. The summed E-state index contributed by atoms with van der Waals surface area (Å²) in [6.07, 6.45) is 0. The van der Waals surface area contributed by atoms with Crippen molar-refractivity contribution in [3.8, 4) is 5.88 Å². The minimum absolute atomic E-state index is 0.0735. The number of rotatable bonds is 3. The molecule has 0 atom stereocenters. The monoisotopic (exact) mass is 259 g/mol. The maximum atomic E-state index is 11.7. The molecule has 0 aliphatic carbocycles.